The fourth-order valence-corrected chi connectivity index (χ4v) is 3.36. The number of ether oxygens (including phenoxy) is 2. The Bertz CT molecular complexity index is 808. The quantitative estimate of drug-likeness (QED) is 0.691. The van der Waals surface area contributed by atoms with E-state index in [0.717, 1.165) is 23.4 Å². The van der Waals surface area contributed by atoms with Crippen molar-refractivity contribution >= 4 is 5.97 Å². The average Bonchev–Trinajstić information content (AvgIpc) is 3.01. The third-order valence-corrected chi connectivity index (χ3v) is 4.55. The van der Waals surface area contributed by atoms with Crippen LogP contribution in [0.15, 0.2) is 24.3 Å². The number of hydrogen-bond donors (Lipinski definition) is 1. The van der Waals surface area contributed by atoms with Crippen LogP contribution in [0.3, 0.4) is 0 Å². The van der Waals surface area contributed by atoms with Gasteiger partial charge in [-0.2, -0.15) is 13.9 Å². The van der Waals surface area contributed by atoms with Gasteiger partial charge in [0, 0.05) is 37.3 Å². The normalized spacial score (nSPS) is 14.2. The standard InChI is InChI=1S/C19H23F2N3O4/c1-2-27-18(26)17-15-12-23(8-7-16(15)24(22-17)9-10-25)11-13-3-5-14(6-4-13)28-19(20)21/h3-6,19,25H,2,7-12H2,1H3. The summed E-state index contributed by atoms with van der Waals surface area (Å²) in [5.74, 6) is -0.347. The van der Waals surface area contributed by atoms with Crippen LogP contribution in [0.4, 0.5) is 8.78 Å². The van der Waals surface area contributed by atoms with Crippen LogP contribution in [0.2, 0.25) is 0 Å². The number of aliphatic hydroxyl groups excluding tert-OH is 1. The summed E-state index contributed by atoms with van der Waals surface area (Å²) < 4.78 is 35.7. The number of nitrogens with zero attached hydrogens (tertiary/aromatic N) is 3. The second kappa shape index (κ2) is 9.11. The molecule has 1 aliphatic rings. The summed E-state index contributed by atoms with van der Waals surface area (Å²) in [5, 5.41) is 13.6. The number of esters is 1. The molecule has 0 fully saturated rings. The molecule has 2 heterocycles. The number of aliphatic hydroxyl groups is 1. The molecule has 152 valence electrons. The van der Waals surface area contributed by atoms with E-state index in [1.807, 2.05) is 0 Å². The number of rotatable bonds is 8. The van der Waals surface area contributed by atoms with Gasteiger partial charge in [0.1, 0.15) is 5.75 Å². The van der Waals surface area contributed by atoms with Crippen LogP contribution < -0.4 is 4.74 Å². The van der Waals surface area contributed by atoms with Gasteiger partial charge in [-0.25, -0.2) is 4.79 Å². The van der Waals surface area contributed by atoms with Crippen molar-refractivity contribution < 1.29 is 28.2 Å². The summed E-state index contributed by atoms with van der Waals surface area (Å²) in [6.45, 7) is 1.29. The zero-order chi connectivity index (χ0) is 20.1. The molecule has 0 amide bonds. The number of hydrogen-bond acceptors (Lipinski definition) is 6. The summed E-state index contributed by atoms with van der Waals surface area (Å²) in [4.78, 5) is 14.4. The van der Waals surface area contributed by atoms with Crippen LogP contribution >= 0.6 is 0 Å². The fraction of sp³-hybridized carbons (Fsp3) is 0.474. The van der Waals surface area contributed by atoms with E-state index >= 15 is 0 Å². The predicted molar refractivity (Wildman–Crippen MR) is 96.2 cm³/mol. The molecule has 0 unspecified atom stereocenters. The van der Waals surface area contributed by atoms with Crippen LogP contribution in [0.25, 0.3) is 0 Å². The Kier molecular flexibility index (Phi) is 6.58. The average molecular weight is 395 g/mol. The van der Waals surface area contributed by atoms with Crippen molar-refractivity contribution in [1.29, 1.82) is 0 Å². The lowest BCUT2D eigenvalue weighted by atomic mass is 10.0. The highest BCUT2D eigenvalue weighted by Crippen LogP contribution is 2.25. The lowest BCUT2D eigenvalue weighted by molar-refractivity contribution is -0.0498. The lowest BCUT2D eigenvalue weighted by Gasteiger charge is -2.27. The van der Waals surface area contributed by atoms with Gasteiger partial charge in [-0.15, -0.1) is 0 Å². The summed E-state index contributed by atoms with van der Waals surface area (Å²) in [5.41, 5.74) is 2.99. The molecule has 0 aliphatic carbocycles. The van der Waals surface area contributed by atoms with E-state index in [9.17, 15) is 18.7 Å². The predicted octanol–water partition coefficient (Wildman–Crippen LogP) is 2.21. The molecule has 1 N–H and O–H groups in total. The Morgan fingerprint density at radius 1 is 1.32 bits per heavy atom. The zero-order valence-electron chi connectivity index (χ0n) is 15.6. The van der Waals surface area contributed by atoms with Crippen molar-refractivity contribution in [3.63, 3.8) is 0 Å². The van der Waals surface area contributed by atoms with E-state index in [2.05, 4.69) is 14.7 Å². The smallest absolute Gasteiger partial charge is 0.387 e. The van der Waals surface area contributed by atoms with Gasteiger partial charge < -0.3 is 14.6 Å². The first-order chi connectivity index (χ1) is 13.5. The summed E-state index contributed by atoms with van der Waals surface area (Å²) in [7, 11) is 0. The molecule has 9 heteroatoms. The minimum atomic E-state index is -2.84. The van der Waals surface area contributed by atoms with Crippen molar-refractivity contribution in [1.82, 2.24) is 14.7 Å². The molecule has 0 atom stereocenters. The minimum absolute atomic E-state index is 0.0624. The van der Waals surface area contributed by atoms with Crippen molar-refractivity contribution in [3.8, 4) is 5.75 Å². The molecule has 1 aromatic heterocycles. The minimum Gasteiger partial charge on any atom is -0.461 e. The monoisotopic (exact) mass is 395 g/mol. The summed E-state index contributed by atoms with van der Waals surface area (Å²) in [6, 6.07) is 6.52. The molecule has 0 saturated heterocycles. The summed E-state index contributed by atoms with van der Waals surface area (Å²) in [6.07, 6.45) is 0.689. The second-order valence-electron chi connectivity index (χ2n) is 6.42. The number of carbonyl (C=O) groups is 1. The molecule has 0 bridgehead atoms. The van der Waals surface area contributed by atoms with E-state index in [4.69, 9.17) is 4.74 Å². The zero-order valence-corrected chi connectivity index (χ0v) is 15.6. The highest BCUT2D eigenvalue weighted by atomic mass is 19.3. The molecule has 0 spiro atoms. The first-order valence-electron chi connectivity index (χ1n) is 9.14. The van der Waals surface area contributed by atoms with E-state index < -0.39 is 12.6 Å². The van der Waals surface area contributed by atoms with Gasteiger partial charge in [-0.05, 0) is 24.6 Å². The first kappa shape index (κ1) is 20.2. The van der Waals surface area contributed by atoms with Gasteiger partial charge in [-0.3, -0.25) is 9.58 Å². The number of fused-ring (bicyclic) bond motifs is 1. The van der Waals surface area contributed by atoms with Crippen LogP contribution in [0.5, 0.6) is 5.75 Å². The largest absolute Gasteiger partial charge is 0.461 e. The van der Waals surface area contributed by atoms with Crippen LogP contribution in [0, 0.1) is 0 Å². The first-order valence-corrected chi connectivity index (χ1v) is 9.14. The number of benzene rings is 1. The van der Waals surface area contributed by atoms with Gasteiger partial charge >= 0.3 is 12.6 Å². The topological polar surface area (TPSA) is 76.8 Å². The van der Waals surface area contributed by atoms with Gasteiger partial charge in [0.2, 0.25) is 0 Å². The molecule has 1 aromatic carbocycles. The lowest BCUT2D eigenvalue weighted by Crippen LogP contribution is -2.31. The van der Waals surface area contributed by atoms with Crippen molar-refractivity contribution in [2.24, 2.45) is 0 Å². The Morgan fingerprint density at radius 2 is 2.07 bits per heavy atom. The summed E-state index contributed by atoms with van der Waals surface area (Å²) >= 11 is 0. The number of halogens is 2. The van der Waals surface area contributed by atoms with Gasteiger partial charge in [0.15, 0.2) is 5.69 Å². The third-order valence-electron chi connectivity index (χ3n) is 4.55. The molecule has 0 saturated carbocycles. The van der Waals surface area contributed by atoms with E-state index in [0.29, 0.717) is 26.1 Å². The molecular formula is C19H23F2N3O4. The number of carbonyl (C=O) groups excluding carboxylic acids is 1. The van der Waals surface area contributed by atoms with E-state index in [1.54, 1.807) is 23.7 Å². The molecular weight excluding hydrogens is 372 g/mol. The van der Waals surface area contributed by atoms with Crippen molar-refractivity contribution in [2.75, 3.05) is 19.8 Å². The Morgan fingerprint density at radius 3 is 2.71 bits per heavy atom. The molecule has 2 aromatic rings. The number of aromatic nitrogens is 2. The van der Waals surface area contributed by atoms with Crippen molar-refractivity contribution in [2.45, 2.75) is 39.6 Å². The molecule has 7 nitrogen and oxygen atoms in total. The maximum Gasteiger partial charge on any atom is 0.387 e. The van der Waals surface area contributed by atoms with Crippen LogP contribution in [-0.2, 0) is 30.8 Å². The SMILES string of the molecule is CCOC(=O)c1nn(CCO)c2c1CN(Cc1ccc(OC(F)F)cc1)CC2. The second-order valence-corrected chi connectivity index (χ2v) is 6.42. The Hall–Kier alpha value is -2.52. The van der Waals surface area contributed by atoms with Gasteiger partial charge in [-0.1, -0.05) is 12.1 Å². The third kappa shape index (κ3) is 4.66. The Labute approximate surface area is 161 Å². The van der Waals surface area contributed by atoms with Crippen molar-refractivity contribution in [3.05, 3.63) is 46.8 Å². The van der Waals surface area contributed by atoms with Gasteiger partial charge in [0.25, 0.3) is 0 Å². The van der Waals surface area contributed by atoms with E-state index in [-0.39, 0.29) is 24.7 Å². The maximum atomic E-state index is 12.3. The van der Waals surface area contributed by atoms with E-state index in [1.165, 1.54) is 12.1 Å². The number of alkyl halides is 2. The molecule has 28 heavy (non-hydrogen) atoms. The maximum absolute atomic E-state index is 12.3. The molecule has 0 radical (unpaired) electrons. The van der Waals surface area contributed by atoms with Crippen LogP contribution in [-0.4, -0.2) is 52.1 Å². The van der Waals surface area contributed by atoms with Gasteiger partial charge in [0.05, 0.1) is 19.8 Å². The highest BCUT2D eigenvalue weighted by Gasteiger charge is 2.28. The Balaban J connectivity index is 1.74. The fourth-order valence-electron chi connectivity index (χ4n) is 3.36. The molecule has 3 rings (SSSR count). The van der Waals surface area contributed by atoms with Crippen LogP contribution in [0.1, 0.15) is 34.2 Å². The molecule has 1 aliphatic heterocycles. The highest BCUT2D eigenvalue weighted by molar-refractivity contribution is 5.89.